The fraction of sp³-hybridized carbons (Fsp3) is 0.400. The quantitative estimate of drug-likeness (QED) is 0.711. The fourth-order valence-corrected chi connectivity index (χ4v) is 2.26. The first kappa shape index (κ1) is 13.4. The Balaban J connectivity index is 1.85. The van der Waals surface area contributed by atoms with E-state index in [9.17, 15) is 9.90 Å². The van der Waals surface area contributed by atoms with Crippen molar-refractivity contribution in [2.24, 2.45) is 0 Å². The first-order chi connectivity index (χ1) is 9.17. The molecule has 1 aromatic carbocycles. The molecular formula is C15H18N2O2. The maximum atomic E-state index is 11.8. The molecule has 1 aliphatic carbocycles. The molecule has 0 radical (unpaired) electrons. The third-order valence-corrected chi connectivity index (χ3v) is 3.32. The Bertz CT molecular complexity index is 485. The number of nitrogens with one attached hydrogen (secondary N) is 2. The lowest BCUT2D eigenvalue weighted by Gasteiger charge is -2.26. The van der Waals surface area contributed by atoms with Gasteiger partial charge in [0.15, 0.2) is 0 Å². The summed E-state index contributed by atoms with van der Waals surface area (Å²) < 4.78 is 0. The minimum atomic E-state index is -0.226. The second-order valence-electron chi connectivity index (χ2n) is 4.83. The normalized spacial score (nSPS) is 22.3. The Morgan fingerprint density at radius 1 is 1.32 bits per heavy atom. The minimum Gasteiger partial charge on any atom is -0.393 e. The van der Waals surface area contributed by atoms with Crippen molar-refractivity contribution >= 4 is 11.7 Å². The van der Waals surface area contributed by atoms with E-state index in [-0.39, 0.29) is 18.2 Å². The number of carbonyl (C=O) groups excluding carboxylic acids is 1. The molecule has 100 valence electrons. The molecule has 19 heavy (non-hydrogen) atoms. The van der Waals surface area contributed by atoms with Gasteiger partial charge in [-0.1, -0.05) is 12.0 Å². The average Bonchev–Trinajstić information content (AvgIpc) is 2.41. The number of aliphatic hydroxyl groups is 1. The number of rotatable bonds is 2. The second kappa shape index (κ2) is 6.26. The maximum Gasteiger partial charge on any atom is 0.319 e. The molecule has 0 bridgehead atoms. The smallest absolute Gasteiger partial charge is 0.319 e. The predicted octanol–water partition coefficient (Wildman–Crippen LogP) is 2.09. The summed E-state index contributed by atoms with van der Waals surface area (Å²) in [6, 6.07) is 7.08. The molecular weight excluding hydrogens is 240 g/mol. The molecule has 0 unspecified atom stereocenters. The van der Waals surface area contributed by atoms with Crippen molar-refractivity contribution in [2.75, 3.05) is 5.32 Å². The zero-order valence-corrected chi connectivity index (χ0v) is 10.7. The lowest BCUT2D eigenvalue weighted by Crippen LogP contribution is -2.40. The van der Waals surface area contributed by atoms with Crippen molar-refractivity contribution in [3.05, 3.63) is 29.8 Å². The number of urea groups is 1. The summed E-state index contributed by atoms with van der Waals surface area (Å²) in [5.41, 5.74) is 1.42. The third-order valence-electron chi connectivity index (χ3n) is 3.32. The van der Waals surface area contributed by atoms with Crippen molar-refractivity contribution < 1.29 is 9.90 Å². The highest BCUT2D eigenvalue weighted by Crippen LogP contribution is 2.18. The van der Waals surface area contributed by atoms with Crippen LogP contribution in [0.15, 0.2) is 24.3 Å². The van der Waals surface area contributed by atoms with Crippen LogP contribution in [-0.4, -0.2) is 23.3 Å². The van der Waals surface area contributed by atoms with Crippen LogP contribution in [0.2, 0.25) is 0 Å². The molecule has 3 N–H and O–H groups in total. The highest BCUT2D eigenvalue weighted by molar-refractivity contribution is 5.89. The number of amides is 2. The van der Waals surface area contributed by atoms with Crippen LogP contribution in [0.3, 0.4) is 0 Å². The van der Waals surface area contributed by atoms with Gasteiger partial charge in [0, 0.05) is 17.3 Å². The predicted molar refractivity (Wildman–Crippen MR) is 74.8 cm³/mol. The molecule has 1 fully saturated rings. The van der Waals surface area contributed by atoms with Gasteiger partial charge >= 0.3 is 6.03 Å². The molecule has 4 nitrogen and oxygen atoms in total. The molecule has 0 aromatic heterocycles. The maximum absolute atomic E-state index is 11.8. The lowest BCUT2D eigenvalue weighted by molar-refractivity contribution is 0.118. The molecule has 2 amide bonds. The van der Waals surface area contributed by atoms with Gasteiger partial charge in [0.2, 0.25) is 0 Å². The molecule has 4 heteroatoms. The Kier molecular flexibility index (Phi) is 4.43. The molecule has 1 aromatic rings. The van der Waals surface area contributed by atoms with Crippen LogP contribution in [0.5, 0.6) is 0 Å². The standard InChI is InChI=1S/C15H18N2O2/c1-2-11-4-3-5-13(10-11)17-15(19)16-12-6-8-14(18)9-7-12/h1,3-5,10,12,14,18H,6-9H2,(H2,16,17,19). The van der Waals surface area contributed by atoms with Crippen LogP contribution < -0.4 is 10.6 Å². The van der Waals surface area contributed by atoms with E-state index in [2.05, 4.69) is 16.6 Å². The zero-order chi connectivity index (χ0) is 13.7. The van der Waals surface area contributed by atoms with Crippen molar-refractivity contribution in [1.82, 2.24) is 5.32 Å². The van der Waals surface area contributed by atoms with Crippen LogP contribution in [0.4, 0.5) is 10.5 Å². The number of anilines is 1. The van der Waals surface area contributed by atoms with Gasteiger partial charge in [-0.15, -0.1) is 6.42 Å². The zero-order valence-electron chi connectivity index (χ0n) is 10.7. The number of hydrogen-bond donors (Lipinski definition) is 3. The summed E-state index contributed by atoms with van der Waals surface area (Å²) in [5.74, 6) is 2.53. The third kappa shape index (κ3) is 4.01. The average molecular weight is 258 g/mol. The number of hydrogen-bond acceptors (Lipinski definition) is 2. The molecule has 1 saturated carbocycles. The number of carbonyl (C=O) groups is 1. The first-order valence-corrected chi connectivity index (χ1v) is 6.49. The SMILES string of the molecule is C#Cc1cccc(NC(=O)NC2CCC(O)CC2)c1. The Morgan fingerprint density at radius 3 is 2.74 bits per heavy atom. The van der Waals surface area contributed by atoms with Crippen molar-refractivity contribution in [3.63, 3.8) is 0 Å². The van der Waals surface area contributed by atoms with Crippen LogP contribution >= 0.6 is 0 Å². The number of terminal acetylenes is 1. The van der Waals surface area contributed by atoms with Gasteiger partial charge in [0.05, 0.1) is 6.10 Å². The van der Waals surface area contributed by atoms with Gasteiger partial charge in [0.1, 0.15) is 0 Å². The molecule has 0 heterocycles. The van der Waals surface area contributed by atoms with E-state index in [0.29, 0.717) is 5.69 Å². The van der Waals surface area contributed by atoms with Crippen LogP contribution in [0.25, 0.3) is 0 Å². The second-order valence-corrected chi connectivity index (χ2v) is 4.83. The molecule has 1 aliphatic rings. The van der Waals surface area contributed by atoms with Gasteiger partial charge in [0.25, 0.3) is 0 Å². The molecule has 2 rings (SSSR count). The van der Waals surface area contributed by atoms with E-state index in [1.807, 2.05) is 12.1 Å². The number of benzene rings is 1. The summed E-state index contributed by atoms with van der Waals surface area (Å²) in [4.78, 5) is 11.8. The van der Waals surface area contributed by atoms with Crippen LogP contribution in [0.1, 0.15) is 31.2 Å². The van der Waals surface area contributed by atoms with Crippen LogP contribution in [0, 0.1) is 12.3 Å². The van der Waals surface area contributed by atoms with Gasteiger partial charge in [-0.25, -0.2) is 4.79 Å². The summed E-state index contributed by atoms with van der Waals surface area (Å²) in [6.45, 7) is 0. The summed E-state index contributed by atoms with van der Waals surface area (Å²) in [6.07, 6.45) is 8.23. The molecule has 0 saturated heterocycles. The highest BCUT2D eigenvalue weighted by Gasteiger charge is 2.20. The van der Waals surface area contributed by atoms with E-state index >= 15 is 0 Å². The van der Waals surface area contributed by atoms with Crippen molar-refractivity contribution in [2.45, 2.75) is 37.8 Å². The summed E-state index contributed by atoms with van der Waals surface area (Å²) in [5, 5.41) is 15.1. The Hall–Kier alpha value is -1.99. The van der Waals surface area contributed by atoms with E-state index < -0.39 is 0 Å². The van der Waals surface area contributed by atoms with Crippen molar-refractivity contribution in [1.29, 1.82) is 0 Å². The topological polar surface area (TPSA) is 61.4 Å². The lowest BCUT2D eigenvalue weighted by atomic mass is 9.93. The highest BCUT2D eigenvalue weighted by atomic mass is 16.3. The van der Waals surface area contributed by atoms with Gasteiger partial charge < -0.3 is 15.7 Å². The molecule has 0 spiro atoms. The number of aliphatic hydroxyl groups excluding tert-OH is 1. The van der Waals surface area contributed by atoms with E-state index in [4.69, 9.17) is 6.42 Å². The van der Waals surface area contributed by atoms with E-state index in [1.54, 1.807) is 12.1 Å². The Morgan fingerprint density at radius 2 is 2.05 bits per heavy atom. The van der Waals surface area contributed by atoms with Crippen LogP contribution in [-0.2, 0) is 0 Å². The summed E-state index contributed by atoms with van der Waals surface area (Å²) in [7, 11) is 0. The first-order valence-electron chi connectivity index (χ1n) is 6.49. The van der Waals surface area contributed by atoms with E-state index in [1.165, 1.54) is 0 Å². The molecule has 0 aliphatic heterocycles. The van der Waals surface area contributed by atoms with Gasteiger partial charge in [-0.05, 0) is 43.9 Å². The van der Waals surface area contributed by atoms with Gasteiger partial charge in [-0.2, -0.15) is 0 Å². The van der Waals surface area contributed by atoms with Crippen molar-refractivity contribution in [3.8, 4) is 12.3 Å². The fourth-order valence-electron chi connectivity index (χ4n) is 2.26. The van der Waals surface area contributed by atoms with Gasteiger partial charge in [-0.3, -0.25) is 0 Å². The molecule has 0 atom stereocenters. The summed E-state index contributed by atoms with van der Waals surface area (Å²) >= 11 is 0. The Labute approximate surface area is 113 Å². The minimum absolute atomic E-state index is 0.138. The monoisotopic (exact) mass is 258 g/mol. The van der Waals surface area contributed by atoms with E-state index in [0.717, 1.165) is 31.2 Å². The largest absolute Gasteiger partial charge is 0.393 e.